The Balaban J connectivity index is 1.41. The van der Waals surface area contributed by atoms with E-state index in [9.17, 15) is 4.79 Å². The fraction of sp³-hybridized carbons (Fsp3) is 0.185. The average molecular weight is 549 g/mol. The number of carbonyl (C=O) groups is 1. The molecule has 0 fully saturated rings. The van der Waals surface area contributed by atoms with E-state index in [1.807, 2.05) is 85.5 Å². The van der Waals surface area contributed by atoms with Gasteiger partial charge in [-0.1, -0.05) is 30.0 Å². The SMILES string of the molecule is COC(=O)C(C)(C)Cc1csc(Nc2ncc(Sc3ccnc4ccsc34)cc2Oc2ccccc2)n1. The Bertz CT molecular complexity index is 1530. The molecule has 4 aromatic heterocycles. The van der Waals surface area contributed by atoms with Crippen molar-refractivity contribution in [3.05, 3.63) is 77.4 Å². The number of hydrogen-bond donors (Lipinski definition) is 1. The van der Waals surface area contributed by atoms with E-state index in [0.29, 0.717) is 28.9 Å². The maximum absolute atomic E-state index is 12.1. The Hall–Kier alpha value is -3.47. The second-order valence-corrected chi connectivity index (χ2v) is 11.7. The summed E-state index contributed by atoms with van der Waals surface area (Å²) in [6.07, 6.45) is 4.11. The van der Waals surface area contributed by atoms with Crippen molar-refractivity contribution in [3.8, 4) is 11.5 Å². The summed E-state index contributed by atoms with van der Waals surface area (Å²) in [5.74, 6) is 1.58. The first-order valence-electron chi connectivity index (χ1n) is 11.4. The first-order chi connectivity index (χ1) is 17.9. The van der Waals surface area contributed by atoms with Crippen molar-refractivity contribution in [3.63, 3.8) is 0 Å². The van der Waals surface area contributed by atoms with Crippen LogP contribution in [0.5, 0.6) is 11.5 Å². The highest BCUT2D eigenvalue weighted by Gasteiger charge is 2.30. The summed E-state index contributed by atoms with van der Waals surface area (Å²) in [7, 11) is 1.40. The Kier molecular flexibility index (Phi) is 7.40. The molecule has 0 unspecified atom stereocenters. The normalized spacial score (nSPS) is 11.4. The van der Waals surface area contributed by atoms with Gasteiger partial charge in [-0.05, 0) is 43.5 Å². The Labute approximate surface area is 226 Å². The van der Waals surface area contributed by atoms with Gasteiger partial charge >= 0.3 is 5.97 Å². The number of ether oxygens (including phenoxy) is 2. The molecule has 4 heterocycles. The van der Waals surface area contributed by atoms with E-state index in [1.165, 1.54) is 18.4 Å². The van der Waals surface area contributed by atoms with E-state index in [4.69, 9.17) is 9.47 Å². The fourth-order valence-corrected chi connectivity index (χ4v) is 6.26. The van der Waals surface area contributed by atoms with Crippen molar-refractivity contribution < 1.29 is 14.3 Å². The van der Waals surface area contributed by atoms with Crippen molar-refractivity contribution in [2.24, 2.45) is 5.41 Å². The standard InChI is InChI=1S/C27H24N4O3S3/c1-27(2,25(32)33-3)14-17-16-36-26(30-17)31-24-21(34-18-7-5-4-6-8-18)13-19(15-29-24)37-22-9-11-28-20-10-12-35-23(20)22/h4-13,15-16H,14H2,1-3H3,(H,29,30,31). The number of esters is 1. The van der Waals surface area contributed by atoms with Crippen molar-refractivity contribution in [2.75, 3.05) is 12.4 Å². The monoisotopic (exact) mass is 548 g/mol. The van der Waals surface area contributed by atoms with Crippen molar-refractivity contribution >= 4 is 61.6 Å². The number of carbonyl (C=O) groups excluding carboxylic acids is 1. The molecule has 0 saturated carbocycles. The number of fused-ring (bicyclic) bond motifs is 1. The predicted octanol–water partition coefficient (Wildman–Crippen LogP) is 7.58. The number of hydrogen-bond acceptors (Lipinski definition) is 10. The molecule has 188 valence electrons. The van der Waals surface area contributed by atoms with Gasteiger partial charge in [0.2, 0.25) is 0 Å². The number of benzene rings is 1. The third-order valence-corrected chi connectivity index (χ3v) is 8.36. The Morgan fingerprint density at radius 3 is 2.76 bits per heavy atom. The molecule has 0 spiro atoms. The van der Waals surface area contributed by atoms with E-state index in [2.05, 4.69) is 20.3 Å². The van der Waals surface area contributed by atoms with Crippen molar-refractivity contribution in [1.29, 1.82) is 0 Å². The number of thiophene rings is 1. The van der Waals surface area contributed by atoms with Crippen LogP contribution in [0.2, 0.25) is 0 Å². The predicted molar refractivity (Wildman–Crippen MR) is 149 cm³/mol. The third-order valence-electron chi connectivity index (χ3n) is 5.47. The van der Waals surface area contributed by atoms with Gasteiger partial charge in [0.1, 0.15) is 5.75 Å². The summed E-state index contributed by atoms with van der Waals surface area (Å²) in [5, 5.41) is 7.94. The zero-order valence-electron chi connectivity index (χ0n) is 20.4. The van der Waals surface area contributed by atoms with Crippen LogP contribution in [-0.2, 0) is 16.0 Å². The number of rotatable bonds is 9. The zero-order chi connectivity index (χ0) is 25.8. The molecule has 1 N–H and O–H groups in total. The van der Waals surface area contributed by atoms with Crippen LogP contribution in [0.15, 0.2) is 81.5 Å². The molecule has 5 rings (SSSR count). The molecule has 0 bridgehead atoms. The van der Waals surface area contributed by atoms with Crippen LogP contribution in [0.1, 0.15) is 19.5 Å². The number of aromatic nitrogens is 3. The molecule has 1 aromatic carbocycles. The topological polar surface area (TPSA) is 86.2 Å². The lowest BCUT2D eigenvalue weighted by atomic mass is 9.88. The maximum Gasteiger partial charge on any atom is 0.311 e. The summed E-state index contributed by atoms with van der Waals surface area (Å²) in [6, 6.07) is 15.6. The van der Waals surface area contributed by atoms with E-state index in [1.54, 1.807) is 23.1 Å². The number of anilines is 2. The van der Waals surface area contributed by atoms with E-state index in [0.717, 1.165) is 25.7 Å². The Morgan fingerprint density at radius 2 is 1.95 bits per heavy atom. The molecule has 0 saturated heterocycles. The van der Waals surface area contributed by atoms with Crippen LogP contribution in [0.4, 0.5) is 10.9 Å². The molecule has 0 amide bonds. The van der Waals surface area contributed by atoms with Crippen LogP contribution in [0.3, 0.4) is 0 Å². The summed E-state index contributed by atoms with van der Waals surface area (Å²) in [5.41, 5.74) is 1.12. The fourth-order valence-electron chi connectivity index (χ4n) is 3.67. The molecule has 5 aromatic rings. The molecule has 0 atom stereocenters. The van der Waals surface area contributed by atoms with Crippen LogP contribution < -0.4 is 10.1 Å². The number of para-hydroxylation sites is 1. The first-order valence-corrected chi connectivity index (χ1v) is 14.0. The summed E-state index contributed by atoms with van der Waals surface area (Å²) < 4.78 is 12.3. The van der Waals surface area contributed by atoms with Crippen molar-refractivity contribution in [2.45, 2.75) is 30.1 Å². The number of pyridine rings is 2. The highest BCUT2D eigenvalue weighted by molar-refractivity contribution is 7.99. The summed E-state index contributed by atoms with van der Waals surface area (Å²) in [4.78, 5) is 27.9. The summed E-state index contributed by atoms with van der Waals surface area (Å²) in [6.45, 7) is 3.70. The minimum absolute atomic E-state index is 0.266. The quantitative estimate of drug-likeness (QED) is 0.189. The van der Waals surface area contributed by atoms with E-state index >= 15 is 0 Å². The van der Waals surface area contributed by atoms with Crippen LogP contribution in [0.25, 0.3) is 10.2 Å². The van der Waals surface area contributed by atoms with Crippen LogP contribution >= 0.6 is 34.4 Å². The number of nitrogens with one attached hydrogen (secondary N) is 1. The van der Waals surface area contributed by atoms with Crippen LogP contribution in [0, 0.1) is 5.41 Å². The van der Waals surface area contributed by atoms with Gasteiger partial charge in [0.15, 0.2) is 16.7 Å². The molecule has 0 aliphatic carbocycles. The van der Waals surface area contributed by atoms with Gasteiger partial charge in [-0.25, -0.2) is 9.97 Å². The molecule has 7 nitrogen and oxygen atoms in total. The smallest absolute Gasteiger partial charge is 0.311 e. The molecular weight excluding hydrogens is 525 g/mol. The van der Waals surface area contributed by atoms with Crippen molar-refractivity contribution in [1.82, 2.24) is 15.0 Å². The zero-order valence-corrected chi connectivity index (χ0v) is 22.9. The van der Waals surface area contributed by atoms with Gasteiger partial charge in [0.25, 0.3) is 0 Å². The number of thiazole rings is 1. The molecule has 10 heteroatoms. The Morgan fingerprint density at radius 1 is 1.11 bits per heavy atom. The number of methoxy groups -OCH3 is 1. The van der Waals surface area contributed by atoms with Gasteiger partial charge in [-0.3, -0.25) is 9.78 Å². The maximum atomic E-state index is 12.1. The van der Waals surface area contributed by atoms with Gasteiger partial charge in [-0.15, -0.1) is 22.7 Å². The lowest BCUT2D eigenvalue weighted by Crippen LogP contribution is -2.28. The number of nitrogens with zero attached hydrogens (tertiary/aromatic N) is 3. The van der Waals surface area contributed by atoms with Gasteiger partial charge in [0.05, 0.1) is 28.4 Å². The largest absolute Gasteiger partial charge is 0.469 e. The third kappa shape index (κ3) is 5.93. The van der Waals surface area contributed by atoms with Gasteiger partial charge < -0.3 is 14.8 Å². The second-order valence-electron chi connectivity index (χ2n) is 8.80. The van der Waals surface area contributed by atoms with E-state index in [-0.39, 0.29) is 5.97 Å². The lowest BCUT2D eigenvalue weighted by molar-refractivity contribution is -0.150. The minimum atomic E-state index is -0.667. The van der Waals surface area contributed by atoms with Gasteiger partial charge in [0, 0.05) is 40.1 Å². The molecule has 0 radical (unpaired) electrons. The molecule has 37 heavy (non-hydrogen) atoms. The van der Waals surface area contributed by atoms with Gasteiger partial charge in [-0.2, -0.15) is 0 Å². The second kappa shape index (κ2) is 10.9. The molecule has 0 aliphatic rings. The highest BCUT2D eigenvalue weighted by Crippen LogP contribution is 2.39. The van der Waals surface area contributed by atoms with Crippen LogP contribution in [-0.4, -0.2) is 28.0 Å². The molecular formula is C27H24N4O3S3. The first kappa shape index (κ1) is 25.2. The minimum Gasteiger partial charge on any atom is -0.469 e. The average Bonchev–Trinajstić information content (AvgIpc) is 3.55. The lowest BCUT2D eigenvalue weighted by Gasteiger charge is -2.19. The highest BCUT2D eigenvalue weighted by atomic mass is 32.2. The van der Waals surface area contributed by atoms with E-state index < -0.39 is 5.41 Å². The molecule has 0 aliphatic heterocycles. The summed E-state index contributed by atoms with van der Waals surface area (Å²) >= 11 is 4.74.